The number of ether oxygens (including phenoxy) is 1. The summed E-state index contributed by atoms with van der Waals surface area (Å²) >= 11 is 1.88. The van der Waals surface area contributed by atoms with Gasteiger partial charge in [0, 0.05) is 0 Å². The standard InChI is InChI=1S/C12H24N2O2S/c1-16-12(15)11(13)5-10-17-9-4-8-14-6-2-3-7-14/h11H,2-10,13H2,1H3. The van der Waals surface area contributed by atoms with Gasteiger partial charge in [-0.1, -0.05) is 0 Å². The van der Waals surface area contributed by atoms with Crippen LogP contribution in [0.2, 0.25) is 0 Å². The van der Waals surface area contributed by atoms with Gasteiger partial charge in [0.25, 0.3) is 0 Å². The lowest BCUT2D eigenvalue weighted by molar-refractivity contribution is -0.142. The van der Waals surface area contributed by atoms with E-state index in [-0.39, 0.29) is 5.97 Å². The zero-order valence-electron chi connectivity index (χ0n) is 10.7. The molecule has 0 amide bonds. The SMILES string of the molecule is COC(=O)C(N)CCSCCCN1CCCC1. The maximum absolute atomic E-state index is 11.0. The lowest BCUT2D eigenvalue weighted by Gasteiger charge is -2.14. The van der Waals surface area contributed by atoms with Crippen LogP contribution in [0.15, 0.2) is 0 Å². The lowest BCUT2D eigenvalue weighted by Crippen LogP contribution is -2.32. The summed E-state index contributed by atoms with van der Waals surface area (Å²) in [5.74, 6) is 1.79. The van der Waals surface area contributed by atoms with E-state index in [4.69, 9.17) is 5.73 Å². The molecule has 0 saturated carbocycles. The second-order valence-corrected chi connectivity index (χ2v) is 5.66. The minimum atomic E-state index is -0.453. The average molecular weight is 260 g/mol. The molecule has 1 aliphatic rings. The van der Waals surface area contributed by atoms with Crippen LogP contribution in [-0.2, 0) is 9.53 Å². The van der Waals surface area contributed by atoms with E-state index in [1.807, 2.05) is 11.8 Å². The summed E-state index contributed by atoms with van der Waals surface area (Å²) < 4.78 is 4.58. The molecule has 0 aromatic rings. The van der Waals surface area contributed by atoms with Crippen LogP contribution < -0.4 is 5.73 Å². The smallest absolute Gasteiger partial charge is 0.322 e. The number of hydrogen-bond acceptors (Lipinski definition) is 5. The van der Waals surface area contributed by atoms with Crippen LogP contribution in [0, 0.1) is 0 Å². The molecule has 1 rings (SSSR count). The highest BCUT2D eigenvalue weighted by atomic mass is 32.2. The van der Waals surface area contributed by atoms with Gasteiger partial charge in [0.1, 0.15) is 6.04 Å². The number of carbonyl (C=O) groups excluding carboxylic acids is 1. The van der Waals surface area contributed by atoms with E-state index in [2.05, 4.69) is 9.64 Å². The van der Waals surface area contributed by atoms with E-state index in [0.717, 1.165) is 11.5 Å². The number of esters is 1. The van der Waals surface area contributed by atoms with Crippen LogP contribution in [-0.4, -0.2) is 55.2 Å². The third-order valence-electron chi connectivity index (χ3n) is 3.04. The van der Waals surface area contributed by atoms with Gasteiger partial charge < -0.3 is 15.4 Å². The van der Waals surface area contributed by atoms with Crippen molar-refractivity contribution in [2.45, 2.75) is 31.7 Å². The van der Waals surface area contributed by atoms with E-state index in [0.29, 0.717) is 6.42 Å². The fraction of sp³-hybridized carbons (Fsp3) is 0.917. The highest BCUT2D eigenvalue weighted by molar-refractivity contribution is 7.99. The predicted octanol–water partition coefficient (Wildman–Crippen LogP) is 1.10. The van der Waals surface area contributed by atoms with Crippen LogP contribution in [0.1, 0.15) is 25.7 Å². The fourth-order valence-corrected chi connectivity index (χ4v) is 2.94. The van der Waals surface area contributed by atoms with Crippen LogP contribution in [0.4, 0.5) is 0 Å². The first kappa shape index (κ1) is 14.8. The summed E-state index contributed by atoms with van der Waals surface area (Å²) in [6.07, 6.45) is 4.67. The Bertz CT molecular complexity index is 221. The number of methoxy groups -OCH3 is 1. The second-order valence-electron chi connectivity index (χ2n) is 4.43. The predicted molar refractivity (Wildman–Crippen MR) is 72.2 cm³/mol. The van der Waals surface area contributed by atoms with Crippen molar-refractivity contribution in [3.63, 3.8) is 0 Å². The molecule has 2 N–H and O–H groups in total. The Morgan fingerprint density at radius 3 is 2.76 bits per heavy atom. The van der Waals surface area contributed by atoms with Crippen molar-refractivity contribution in [3.8, 4) is 0 Å². The summed E-state index contributed by atoms with van der Waals surface area (Å²) in [5, 5.41) is 0. The summed E-state index contributed by atoms with van der Waals surface area (Å²) in [4.78, 5) is 13.6. The van der Waals surface area contributed by atoms with Crippen molar-refractivity contribution in [1.29, 1.82) is 0 Å². The van der Waals surface area contributed by atoms with Gasteiger partial charge in [-0.3, -0.25) is 4.79 Å². The average Bonchev–Trinajstić information content (AvgIpc) is 2.85. The number of nitrogens with two attached hydrogens (primary N) is 1. The monoisotopic (exact) mass is 260 g/mol. The molecule has 0 spiro atoms. The molecule has 0 radical (unpaired) electrons. The largest absolute Gasteiger partial charge is 0.468 e. The van der Waals surface area contributed by atoms with Gasteiger partial charge in [-0.25, -0.2) is 0 Å². The summed E-state index contributed by atoms with van der Waals surface area (Å²) in [5.41, 5.74) is 5.65. The van der Waals surface area contributed by atoms with E-state index in [9.17, 15) is 4.79 Å². The van der Waals surface area contributed by atoms with Gasteiger partial charge in [0.15, 0.2) is 0 Å². The molecule has 1 saturated heterocycles. The molecular formula is C12H24N2O2S. The Kier molecular flexibility index (Phi) is 7.64. The maximum Gasteiger partial charge on any atom is 0.322 e. The van der Waals surface area contributed by atoms with Crippen molar-refractivity contribution in [2.75, 3.05) is 38.2 Å². The van der Waals surface area contributed by atoms with Gasteiger partial charge >= 0.3 is 5.97 Å². The summed E-state index contributed by atoms with van der Waals surface area (Å²) in [7, 11) is 1.38. The third kappa shape index (κ3) is 6.29. The quantitative estimate of drug-likeness (QED) is 0.523. The minimum absolute atomic E-state index is 0.303. The van der Waals surface area contributed by atoms with Gasteiger partial charge in [-0.05, 0) is 56.8 Å². The Hall–Kier alpha value is -0.260. The van der Waals surface area contributed by atoms with Crippen LogP contribution in [0.25, 0.3) is 0 Å². The van der Waals surface area contributed by atoms with Gasteiger partial charge in [0.2, 0.25) is 0 Å². The highest BCUT2D eigenvalue weighted by Crippen LogP contribution is 2.10. The number of nitrogens with zero attached hydrogens (tertiary/aromatic N) is 1. The Balaban J connectivity index is 1.88. The van der Waals surface area contributed by atoms with Crippen molar-refractivity contribution in [1.82, 2.24) is 4.90 Å². The van der Waals surface area contributed by atoms with Gasteiger partial charge in [-0.15, -0.1) is 0 Å². The van der Waals surface area contributed by atoms with Crippen LogP contribution >= 0.6 is 11.8 Å². The van der Waals surface area contributed by atoms with Crippen molar-refractivity contribution >= 4 is 17.7 Å². The molecule has 1 aliphatic heterocycles. The first-order valence-corrected chi connectivity index (χ1v) is 7.53. The Morgan fingerprint density at radius 1 is 1.41 bits per heavy atom. The van der Waals surface area contributed by atoms with Crippen molar-refractivity contribution in [2.24, 2.45) is 5.73 Å². The fourth-order valence-electron chi connectivity index (χ4n) is 1.98. The van der Waals surface area contributed by atoms with Crippen molar-refractivity contribution < 1.29 is 9.53 Å². The van der Waals surface area contributed by atoms with Crippen LogP contribution in [0.5, 0.6) is 0 Å². The number of likely N-dealkylation sites (tertiary alicyclic amines) is 1. The number of rotatable bonds is 8. The van der Waals surface area contributed by atoms with E-state index in [1.165, 1.54) is 46.0 Å². The molecule has 17 heavy (non-hydrogen) atoms. The first-order chi connectivity index (χ1) is 8.24. The molecule has 0 aliphatic carbocycles. The molecule has 1 fully saturated rings. The molecule has 4 nitrogen and oxygen atoms in total. The molecule has 0 aromatic carbocycles. The molecule has 100 valence electrons. The molecular weight excluding hydrogens is 236 g/mol. The summed E-state index contributed by atoms with van der Waals surface area (Å²) in [6, 6.07) is -0.453. The molecule has 1 heterocycles. The topological polar surface area (TPSA) is 55.6 Å². The maximum atomic E-state index is 11.0. The molecule has 0 aromatic heterocycles. The van der Waals surface area contributed by atoms with Crippen LogP contribution in [0.3, 0.4) is 0 Å². The minimum Gasteiger partial charge on any atom is -0.468 e. The number of hydrogen-bond donors (Lipinski definition) is 1. The van der Waals surface area contributed by atoms with E-state index < -0.39 is 6.04 Å². The van der Waals surface area contributed by atoms with Crippen molar-refractivity contribution in [3.05, 3.63) is 0 Å². The van der Waals surface area contributed by atoms with Gasteiger partial charge in [-0.2, -0.15) is 11.8 Å². The third-order valence-corrected chi connectivity index (χ3v) is 4.14. The molecule has 1 unspecified atom stereocenters. The van der Waals surface area contributed by atoms with Gasteiger partial charge in [0.05, 0.1) is 7.11 Å². The lowest BCUT2D eigenvalue weighted by atomic mass is 10.2. The Morgan fingerprint density at radius 2 is 2.12 bits per heavy atom. The normalized spacial score (nSPS) is 18.2. The first-order valence-electron chi connectivity index (χ1n) is 6.37. The zero-order chi connectivity index (χ0) is 12.5. The molecule has 5 heteroatoms. The van der Waals surface area contributed by atoms with E-state index in [1.54, 1.807) is 0 Å². The highest BCUT2D eigenvalue weighted by Gasteiger charge is 2.13. The molecule has 1 atom stereocenters. The number of thioether (sulfide) groups is 1. The zero-order valence-corrected chi connectivity index (χ0v) is 11.5. The second kappa shape index (κ2) is 8.78. The number of carbonyl (C=O) groups is 1. The summed E-state index contributed by atoms with van der Waals surface area (Å²) in [6.45, 7) is 3.77. The molecule has 0 bridgehead atoms. The van der Waals surface area contributed by atoms with E-state index >= 15 is 0 Å². The Labute approximate surface area is 108 Å².